The van der Waals surface area contributed by atoms with Gasteiger partial charge in [0.15, 0.2) is 0 Å². The first kappa shape index (κ1) is 14.0. The largest absolute Gasteiger partial charge is 0.293 e. The maximum Gasteiger partial charge on any atom is 0.123 e. The van der Waals surface area contributed by atoms with Crippen molar-refractivity contribution in [1.82, 2.24) is 4.90 Å². The van der Waals surface area contributed by atoms with Crippen LogP contribution in [0, 0.1) is 5.82 Å². The molecule has 1 nitrogen and oxygen atoms in total. The highest BCUT2D eigenvalue weighted by molar-refractivity contribution is 5.63. The first-order valence-corrected chi connectivity index (χ1v) is 8.43. The van der Waals surface area contributed by atoms with Crippen molar-refractivity contribution in [1.29, 1.82) is 0 Å². The van der Waals surface area contributed by atoms with Gasteiger partial charge in [0.25, 0.3) is 0 Å². The van der Waals surface area contributed by atoms with Crippen LogP contribution in [0.25, 0.3) is 11.1 Å². The van der Waals surface area contributed by atoms with Crippen LogP contribution in [-0.2, 0) is 0 Å². The molecule has 2 heteroatoms. The Hall–Kier alpha value is -1.67. The molecule has 0 amide bonds. The zero-order chi connectivity index (χ0) is 14.9. The van der Waals surface area contributed by atoms with Gasteiger partial charge in [0, 0.05) is 12.1 Å². The summed E-state index contributed by atoms with van der Waals surface area (Å²) < 4.78 is 13.0. The van der Waals surface area contributed by atoms with Crippen LogP contribution in [0.4, 0.5) is 4.39 Å². The lowest BCUT2D eigenvalue weighted by atomic mass is 9.99. The van der Waals surface area contributed by atoms with E-state index >= 15 is 0 Å². The lowest BCUT2D eigenvalue weighted by Gasteiger charge is -2.34. The Labute approximate surface area is 131 Å². The molecule has 0 unspecified atom stereocenters. The van der Waals surface area contributed by atoms with Crippen molar-refractivity contribution in [3.63, 3.8) is 0 Å². The molecule has 0 N–H and O–H groups in total. The quantitative estimate of drug-likeness (QED) is 0.737. The molecule has 2 aliphatic heterocycles. The molecule has 2 fully saturated rings. The molecule has 2 aromatic rings. The summed E-state index contributed by atoms with van der Waals surface area (Å²) in [6, 6.07) is 17.1. The average molecular weight is 295 g/mol. The van der Waals surface area contributed by atoms with Crippen molar-refractivity contribution in [2.24, 2.45) is 0 Å². The van der Waals surface area contributed by atoms with Gasteiger partial charge < -0.3 is 0 Å². The minimum absolute atomic E-state index is 0.178. The van der Waals surface area contributed by atoms with Gasteiger partial charge in [-0.1, -0.05) is 42.8 Å². The molecule has 0 spiro atoms. The maximum absolute atomic E-state index is 13.0. The highest BCUT2D eigenvalue weighted by Gasteiger charge is 2.35. The Morgan fingerprint density at radius 3 is 2.18 bits per heavy atom. The van der Waals surface area contributed by atoms with Gasteiger partial charge in [0.05, 0.1) is 0 Å². The third-order valence-electron chi connectivity index (χ3n) is 5.32. The van der Waals surface area contributed by atoms with Crippen molar-refractivity contribution in [3.05, 3.63) is 59.9 Å². The van der Waals surface area contributed by atoms with Crippen LogP contribution in [0.1, 0.15) is 43.7 Å². The SMILES string of the molecule is Fc1ccc(-c2ccc([C@H]3CC[C@H]4CCCCN43)cc2)cc1. The van der Waals surface area contributed by atoms with Crippen molar-refractivity contribution < 1.29 is 4.39 Å². The standard InChI is InChI=1S/C20H22FN/c21-18-10-8-16(9-11-18)15-4-6-17(7-5-15)20-13-12-19-3-1-2-14-22(19)20/h4-11,19-20H,1-3,12-14H2/t19-,20-/m1/s1. The Morgan fingerprint density at radius 1 is 0.773 bits per heavy atom. The van der Waals surface area contributed by atoms with Crippen molar-refractivity contribution in [2.45, 2.75) is 44.2 Å². The number of rotatable bonds is 2. The van der Waals surface area contributed by atoms with E-state index in [4.69, 9.17) is 0 Å². The molecule has 0 aromatic heterocycles. The lowest BCUT2D eigenvalue weighted by Crippen LogP contribution is -2.35. The van der Waals surface area contributed by atoms with E-state index in [1.54, 1.807) is 0 Å². The van der Waals surface area contributed by atoms with Crippen LogP contribution in [0.5, 0.6) is 0 Å². The van der Waals surface area contributed by atoms with Gasteiger partial charge in [-0.25, -0.2) is 4.39 Å². The number of nitrogens with zero attached hydrogens (tertiary/aromatic N) is 1. The first-order valence-electron chi connectivity index (χ1n) is 8.43. The van der Waals surface area contributed by atoms with E-state index in [2.05, 4.69) is 29.2 Å². The predicted octanol–water partition coefficient (Wildman–Crippen LogP) is 5.18. The maximum atomic E-state index is 13.0. The van der Waals surface area contributed by atoms with Crippen LogP contribution in [0.3, 0.4) is 0 Å². The third kappa shape index (κ3) is 2.56. The van der Waals surface area contributed by atoms with E-state index in [1.807, 2.05) is 12.1 Å². The fourth-order valence-corrected chi connectivity index (χ4v) is 4.16. The summed E-state index contributed by atoms with van der Waals surface area (Å²) >= 11 is 0. The van der Waals surface area contributed by atoms with Crippen LogP contribution < -0.4 is 0 Å². The third-order valence-corrected chi connectivity index (χ3v) is 5.32. The van der Waals surface area contributed by atoms with Gasteiger partial charge in [0.2, 0.25) is 0 Å². The van der Waals surface area contributed by atoms with Gasteiger partial charge in [-0.2, -0.15) is 0 Å². The van der Waals surface area contributed by atoms with Gasteiger partial charge in [-0.05, 0) is 61.1 Å². The molecule has 22 heavy (non-hydrogen) atoms. The minimum Gasteiger partial charge on any atom is -0.293 e. The first-order chi connectivity index (χ1) is 10.8. The molecule has 4 rings (SSSR count). The topological polar surface area (TPSA) is 3.24 Å². The van der Waals surface area contributed by atoms with Crippen LogP contribution in [0.2, 0.25) is 0 Å². The molecule has 2 saturated heterocycles. The summed E-state index contributed by atoms with van der Waals surface area (Å²) in [4.78, 5) is 2.72. The van der Waals surface area contributed by atoms with E-state index in [9.17, 15) is 4.39 Å². The van der Waals surface area contributed by atoms with Crippen LogP contribution >= 0.6 is 0 Å². The molecular formula is C20H22FN. The second kappa shape index (κ2) is 5.85. The van der Waals surface area contributed by atoms with Gasteiger partial charge in [0.1, 0.15) is 5.82 Å². The number of halogens is 1. The van der Waals surface area contributed by atoms with E-state index in [0.717, 1.165) is 17.2 Å². The second-order valence-corrected chi connectivity index (χ2v) is 6.61. The smallest absolute Gasteiger partial charge is 0.123 e. The number of benzene rings is 2. The highest BCUT2D eigenvalue weighted by Crippen LogP contribution is 2.40. The number of fused-ring (bicyclic) bond motifs is 1. The summed E-state index contributed by atoms with van der Waals surface area (Å²) in [5.41, 5.74) is 3.68. The zero-order valence-electron chi connectivity index (χ0n) is 12.8. The van der Waals surface area contributed by atoms with Crippen LogP contribution in [0.15, 0.2) is 48.5 Å². The fraction of sp³-hybridized carbons (Fsp3) is 0.400. The van der Waals surface area contributed by atoms with E-state index in [1.165, 1.54) is 56.3 Å². The number of hydrogen-bond acceptors (Lipinski definition) is 1. The van der Waals surface area contributed by atoms with Crippen molar-refractivity contribution >= 4 is 0 Å². The van der Waals surface area contributed by atoms with E-state index in [-0.39, 0.29) is 5.82 Å². The van der Waals surface area contributed by atoms with Gasteiger partial charge >= 0.3 is 0 Å². The molecule has 114 valence electrons. The molecule has 2 atom stereocenters. The molecule has 0 aliphatic carbocycles. The van der Waals surface area contributed by atoms with Crippen molar-refractivity contribution in [3.8, 4) is 11.1 Å². The van der Waals surface area contributed by atoms with Crippen LogP contribution in [-0.4, -0.2) is 17.5 Å². The lowest BCUT2D eigenvalue weighted by molar-refractivity contribution is 0.150. The van der Waals surface area contributed by atoms with E-state index < -0.39 is 0 Å². The van der Waals surface area contributed by atoms with Gasteiger partial charge in [-0.15, -0.1) is 0 Å². The zero-order valence-corrected chi connectivity index (χ0v) is 12.8. The summed E-state index contributed by atoms with van der Waals surface area (Å²) in [7, 11) is 0. The van der Waals surface area contributed by atoms with Crippen molar-refractivity contribution in [2.75, 3.05) is 6.54 Å². The Balaban J connectivity index is 1.55. The molecule has 2 aliphatic rings. The molecule has 0 radical (unpaired) electrons. The predicted molar refractivity (Wildman–Crippen MR) is 88.2 cm³/mol. The number of piperidine rings is 1. The molecule has 0 bridgehead atoms. The second-order valence-electron chi connectivity index (χ2n) is 6.61. The average Bonchev–Trinajstić information content (AvgIpc) is 3.00. The molecule has 2 heterocycles. The van der Waals surface area contributed by atoms with Gasteiger partial charge in [-0.3, -0.25) is 4.90 Å². The Morgan fingerprint density at radius 2 is 1.45 bits per heavy atom. The highest BCUT2D eigenvalue weighted by atomic mass is 19.1. The Kier molecular flexibility index (Phi) is 3.71. The Bertz CT molecular complexity index is 632. The monoisotopic (exact) mass is 295 g/mol. The summed E-state index contributed by atoms with van der Waals surface area (Å²) in [6.07, 6.45) is 6.77. The summed E-state index contributed by atoms with van der Waals surface area (Å²) in [5, 5.41) is 0. The normalized spacial score (nSPS) is 25.1. The molecular weight excluding hydrogens is 273 g/mol. The fourth-order valence-electron chi connectivity index (χ4n) is 4.16. The molecule has 2 aromatic carbocycles. The van der Waals surface area contributed by atoms with E-state index in [0.29, 0.717) is 6.04 Å². The summed E-state index contributed by atoms with van der Waals surface area (Å²) in [6.45, 7) is 1.26. The minimum atomic E-state index is -0.178. The summed E-state index contributed by atoms with van der Waals surface area (Å²) in [5.74, 6) is -0.178. The molecule has 0 saturated carbocycles. The number of hydrogen-bond donors (Lipinski definition) is 0.